The number of nitrogens with zero attached hydrogens (tertiary/aromatic N) is 2. The first-order valence-corrected chi connectivity index (χ1v) is 9.67. The number of carbonyl (C=O) groups is 1. The average molecular weight is 415 g/mol. The van der Waals surface area contributed by atoms with E-state index in [1.54, 1.807) is 44.6 Å². The predicted octanol–water partition coefficient (Wildman–Crippen LogP) is 3.33. The summed E-state index contributed by atoms with van der Waals surface area (Å²) in [5, 5.41) is 3.29. The standard InChI is InChI=1S/C24H21N3O4/c1-30-21-9-5-3-7-17(21)14-25-23(28)16-11-12-18-19(13-16)26-15-27(24(18)29)20-8-4-6-10-22(20)31-2/h3-13,15H,14H2,1-2H3,(H,25,28). The lowest BCUT2D eigenvalue weighted by atomic mass is 10.1. The van der Waals surface area contributed by atoms with Gasteiger partial charge in [-0.25, -0.2) is 4.98 Å². The topological polar surface area (TPSA) is 82.5 Å². The maximum Gasteiger partial charge on any atom is 0.265 e. The van der Waals surface area contributed by atoms with E-state index in [-0.39, 0.29) is 11.5 Å². The lowest BCUT2D eigenvalue weighted by Crippen LogP contribution is -2.24. The Labute approximate surface area is 178 Å². The molecule has 0 saturated carbocycles. The van der Waals surface area contributed by atoms with E-state index in [2.05, 4.69) is 10.3 Å². The molecule has 0 radical (unpaired) electrons. The molecule has 0 unspecified atom stereocenters. The molecule has 0 aliphatic carbocycles. The van der Waals surface area contributed by atoms with Crippen LogP contribution in [-0.4, -0.2) is 29.7 Å². The number of ether oxygens (including phenoxy) is 2. The number of aromatic nitrogens is 2. The number of para-hydroxylation sites is 3. The third-order valence-corrected chi connectivity index (χ3v) is 5.00. The third-order valence-electron chi connectivity index (χ3n) is 5.00. The molecule has 1 heterocycles. The van der Waals surface area contributed by atoms with E-state index in [1.807, 2.05) is 36.4 Å². The fourth-order valence-electron chi connectivity index (χ4n) is 3.39. The SMILES string of the molecule is COc1ccccc1CNC(=O)c1ccc2c(=O)n(-c3ccccc3OC)cnc2c1. The van der Waals surface area contributed by atoms with Gasteiger partial charge in [0, 0.05) is 17.7 Å². The fraction of sp³-hybridized carbons (Fsp3) is 0.125. The maximum atomic E-state index is 13.0. The summed E-state index contributed by atoms with van der Waals surface area (Å²) in [6.45, 7) is 0.323. The molecule has 0 fully saturated rings. The molecule has 7 nitrogen and oxygen atoms in total. The molecular weight excluding hydrogens is 394 g/mol. The molecule has 31 heavy (non-hydrogen) atoms. The predicted molar refractivity (Wildman–Crippen MR) is 118 cm³/mol. The number of amides is 1. The third kappa shape index (κ3) is 3.98. The van der Waals surface area contributed by atoms with Crippen molar-refractivity contribution in [3.63, 3.8) is 0 Å². The van der Waals surface area contributed by atoms with Crippen LogP contribution in [0.25, 0.3) is 16.6 Å². The van der Waals surface area contributed by atoms with Gasteiger partial charge in [0.2, 0.25) is 0 Å². The van der Waals surface area contributed by atoms with Crippen molar-refractivity contribution in [2.75, 3.05) is 14.2 Å². The Morgan fingerprint density at radius 1 is 0.968 bits per heavy atom. The van der Waals surface area contributed by atoms with E-state index in [9.17, 15) is 9.59 Å². The molecular formula is C24H21N3O4. The number of fused-ring (bicyclic) bond motifs is 1. The molecule has 0 atom stereocenters. The first kappa shape index (κ1) is 20.2. The van der Waals surface area contributed by atoms with Crippen LogP contribution in [0.5, 0.6) is 11.5 Å². The van der Waals surface area contributed by atoms with Crippen LogP contribution in [-0.2, 0) is 6.54 Å². The van der Waals surface area contributed by atoms with Gasteiger partial charge >= 0.3 is 0 Å². The monoisotopic (exact) mass is 415 g/mol. The molecule has 1 N–H and O–H groups in total. The highest BCUT2D eigenvalue weighted by Gasteiger charge is 2.13. The number of methoxy groups -OCH3 is 2. The molecule has 4 aromatic rings. The lowest BCUT2D eigenvalue weighted by molar-refractivity contribution is 0.0951. The Bertz CT molecular complexity index is 1310. The minimum absolute atomic E-state index is 0.240. The molecule has 7 heteroatoms. The van der Waals surface area contributed by atoms with Crippen molar-refractivity contribution in [1.29, 1.82) is 0 Å². The Morgan fingerprint density at radius 3 is 2.45 bits per heavy atom. The highest BCUT2D eigenvalue weighted by molar-refractivity contribution is 5.97. The summed E-state index contributed by atoms with van der Waals surface area (Å²) >= 11 is 0. The van der Waals surface area contributed by atoms with Gasteiger partial charge in [-0.15, -0.1) is 0 Å². The number of rotatable bonds is 6. The molecule has 0 bridgehead atoms. The van der Waals surface area contributed by atoms with Crippen LogP contribution in [0.15, 0.2) is 77.9 Å². The number of nitrogens with one attached hydrogen (secondary N) is 1. The van der Waals surface area contributed by atoms with Crippen molar-refractivity contribution in [3.8, 4) is 17.2 Å². The van der Waals surface area contributed by atoms with Gasteiger partial charge in [-0.3, -0.25) is 14.2 Å². The van der Waals surface area contributed by atoms with Crippen LogP contribution < -0.4 is 20.3 Å². The smallest absolute Gasteiger partial charge is 0.265 e. The zero-order valence-corrected chi connectivity index (χ0v) is 17.2. The number of benzene rings is 3. The van der Waals surface area contributed by atoms with Crippen LogP contribution >= 0.6 is 0 Å². The summed E-state index contributed by atoms with van der Waals surface area (Å²) in [7, 11) is 3.14. The normalized spacial score (nSPS) is 10.6. The minimum Gasteiger partial charge on any atom is -0.496 e. The second-order valence-corrected chi connectivity index (χ2v) is 6.82. The Hall–Kier alpha value is -4.13. The van der Waals surface area contributed by atoms with E-state index in [1.165, 1.54) is 10.9 Å². The zero-order chi connectivity index (χ0) is 21.8. The highest BCUT2D eigenvalue weighted by Crippen LogP contribution is 2.21. The van der Waals surface area contributed by atoms with Gasteiger partial charge in [-0.1, -0.05) is 30.3 Å². The Balaban J connectivity index is 1.61. The fourth-order valence-corrected chi connectivity index (χ4v) is 3.39. The van der Waals surface area contributed by atoms with Gasteiger partial charge in [0.25, 0.3) is 11.5 Å². The molecule has 1 aromatic heterocycles. The molecule has 156 valence electrons. The summed E-state index contributed by atoms with van der Waals surface area (Å²) < 4.78 is 12.1. The van der Waals surface area contributed by atoms with E-state index in [4.69, 9.17) is 9.47 Å². The maximum absolute atomic E-state index is 13.0. The summed E-state index contributed by atoms with van der Waals surface area (Å²) in [6, 6.07) is 19.6. The van der Waals surface area contributed by atoms with Crippen LogP contribution in [0.1, 0.15) is 15.9 Å². The molecule has 3 aromatic carbocycles. The van der Waals surface area contributed by atoms with Crippen LogP contribution in [0.4, 0.5) is 0 Å². The summed E-state index contributed by atoms with van der Waals surface area (Å²) in [5.41, 5.74) is 2.10. The average Bonchev–Trinajstić information content (AvgIpc) is 2.82. The first-order valence-electron chi connectivity index (χ1n) is 9.67. The number of hydrogen-bond donors (Lipinski definition) is 1. The van der Waals surface area contributed by atoms with E-state index in [0.29, 0.717) is 40.2 Å². The quantitative estimate of drug-likeness (QED) is 0.522. The van der Waals surface area contributed by atoms with Gasteiger partial charge in [0.15, 0.2) is 0 Å². The van der Waals surface area contributed by atoms with Gasteiger partial charge in [0.1, 0.15) is 17.8 Å². The van der Waals surface area contributed by atoms with Crippen molar-refractivity contribution in [1.82, 2.24) is 14.9 Å². The van der Waals surface area contributed by atoms with Crippen molar-refractivity contribution in [2.24, 2.45) is 0 Å². The van der Waals surface area contributed by atoms with Crippen LogP contribution in [0, 0.1) is 0 Å². The zero-order valence-electron chi connectivity index (χ0n) is 17.2. The minimum atomic E-state index is -0.261. The van der Waals surface area contributed by atoms with Crippen molar-refractivity contribution in [3.05, 3.63) is 94.5 Å². The van der Waals surface area contributed by atoms with Crippen molar-refractivity contribution in [2.45, 2.75) is 6.54 Å². The van der Waals surface area contributed by atoms with Crippen LogP contribution in [0.3, 0.4) is 0 Å². The summed E-state index contributed by atoms with van der Waals surface area (Å²) in [4.78, 5) is 30.0. The van der Waals surface area contributed by atoms with E-state index in [0.717, 1.165) is 5.56 Å². The largest absolute Gasteiger partial charge is 0.496 e. The van der Waals surface area contributed by atoms with Crippen molar-refractivity contribution >= 4 is 16.8 Å². The second-order valence-electron chi connectivity index (χ2n) is 6.82. The van der Waals surface area contributed by atoms with Gasteiger partial charge in [0.05, 0.1) is 30.8 Å². The van der Waals surface area contributed by atoms with Gasteiger partial charge < -0.3 is 14.8 Å². The highest BCUT2D eigenvalue weighted by atomic mass is 16.5. The molecule has 1 amide bonds. The van der Waals surface area contributed by atoms with E-state index < -0.39 is 0 Å². The number of hydrogen-bond acceptors (Lipinski definition) is 5. The molecule has 0 spiro atoms. The molecule has 0 aliphatic heterocycles. The van der Waals surface area contributed by atoms with E-state index >= 15 is 0 Å². The molecule has 4 rings (SSSR count). The van der Waals surface area contributed by atoms with Gasteiger partial charge in [-0.05, 0) is 36.4 Å². The summed E-state index contributed by atoms with van der Waals surface area (Å²) in [5.74, 6) is 1.02. The van der Waals surface area contributed by atoms with Crippen molar-refractivity contribution < 1.29 is 14.3 Å². The Morgan fingerprint density at radius 2 is 1.68 bits per heavy atom. The van der Waals surface area contributed by atoms with Gasteiger partial charge in [-0.2, -0.15) is 0 Å². The Kier molecular flexibility index (Phi) is 5.66. The van der Waals surface area contributed by atoms with Crippen LogP contribution in [0.2, 0.25) is 0 Å². The lowest BCUT2D eigenvalue weighted by Gasteiger charge is -2.12. The first-order chi connectivity index (χ1) is 15.1. The number of carbonyl (C=O) groups excluding carboxylic acids is 1. The second kappa shape index (κ2) is 8.71. The summed E-state index contributed by atoms with van der Waals surface area (Å²) in [6.07, 6.45) is 1.44. The molecule has 0 aliphatic rings. The molecule has 0 saturated heterocycles.